The molecule has 3 heterocycles. The van der Waals surface area contributed by atoms with Gasteiger partial charge < -0.3 is 4.90 Å². The summed E-state index contributed by atoms with van der Waals surface area (Å²) in [6, 6.07) is 0. The number of carbonyl (C=O) groups excluding carboxylic acids is 1. The maximum atomic E-state index is 13.4. The summed E-state index contributed by atoms with van der Waals surface area (Å²) in [6.45, 7) is 1.66. The fraction of sp³-hybridized carbons (Fsp3) is 0.632. The van der Waals surface area contributed by atoms with Crippen molar-refractivity contribution < 1.29 is 4.79 Å². The first kappa shape index (κ1) is 15.2. The van der Waals surface area contributed by atoms with E-state index >= 15 is 0 Å². The van der Waals surface area contributed by atoms with Gasteiger partial charge in [0.1, 0.15) is 5.69 Å². The van der Waals surface area contributed by atoms with E-state index in [0.29, 0.717) is 0 Å². The molecule has 6 nitrogen and oxygen atoms in total. The van der Waals surface area contributed by atoms with Crippen LogP contribution in [0.5, 0.6) is 0 Å². The van der Waals surface area contributed by atoms with Crippen molar-refractivity contribution in [3.8, 4) is 0 Å². The van der Waals surface area contributed by atoms with Crippen molar-refractivity contribution in [3.05, 3.63) is 34.4 Å². The van der Waals surface area contributed by atoms with Crippen molar-refractivity contribution in [1.82, 2.24) is 24.9 Å². The van der Waals surface area contributed by atoms with E-state index in [-0.39, 0.29) is 11.3 Å². The van der Waals surface area contributed by atoms with Crippen LogP contribution in [-0.4, -0.2) is 43.9 Å². The molecule has 6 heteroatoms. The molecule has 25 heavy (non-hydrogen) atoms. The number of rotatable bonds is 1. The Morgan fingerprint density at radius 2 is 2.08 bits per heavy atom. The molecule has 1 aliphatic heterocycles. The molecule has 1 N–H and O–H groups in total. The van der Waals surface area contributed by atoms with Crippen LogP contribution in [0.15, 0.2) is 6.20 Å². The third kappa shape index (κ3) is 2.19. The average Bonchev–Trinajstić information content (AvgIpc) is 3.30. The number of likely N-dealkylation sites (tertiary alicyclic amines) is 1. The van der Waals surface area contributed by atoms with Gasteiger partial charge in [-0.3, -0.25) is 14.6 Å². The number of nitrogens with one attached hydrogen (secondary N) is 1. The second-order valence-corrected chi connectivity index (χ2v) is 7.99. The van der Waals surface area contributed by atoms with Crippen molar-refractivity contribution in [1.29, 1.82) is 0 Å². The van der Waals surface area contributed by atoms with Crippen molar-refractivity contribution in [2.24, 2.45) is 7.05 Å². The summed E-state index contributed by atoms with van der Waals surface area (Å²) in [7, 11) is 1.92. The molecule has 2 aromatic heterocycles. The molecule has 1 spiro atoms. The lowest BCUT2D eigenvalue weighted by atomic mass is 9.77. The number of amides is 1. The second-order valence-electron chi connectivity index (χ2n) is 7.99. The van der Waals surface area contributed by atoms with E-state index in [2.05, 4.69) is 20.2 Å². The van der Waals surface area contributed by atoms with Gasteiger partial charge >= 0.3 is 0 Å². The Labute approximate surface area is 147 Å². The smallest absolute Gasteiger partial charge is 0.272 e. The van der Waals surface area contributed by atoms with E-state index in [1.165, 1.54) is 29.7 Å². The number of aryl methyl sites for hydroxylation is 3. The standard InChI is InChI=1S/C19H25N5O/c1-23-16(14-5-2-3-6-15(14)22-23)18(25)24-10-4-8-19(12-24)9-7-13-11-20-21-17(13)19/h11H,2-10,12H2,1H3,(H,20,21). The summed E-state index contributed by atoms with van der Waals surface area (Å²) in [5.41, 5.74) is 5.87. The van der Waals surface area contributed by atoms with E-state index in [0.717, 1.165) is 63.0 Å². The lowest BCUT2D eigenvalue weighted by Gasteiger charge is -2.40. The molecule has 1 atom stereocenters. The molecule has 3 aliphatic rings. The maximum Gasteiger partial charge on any atom is 0.272 e. The molecule has 2 aromatic rings. The largest absolute Gasteiger partial charge is 0.336 e. The van der Waals surface area contributed by atoms with E-state index in [1.54, 1.807) is 0 Å². The molecule has 5 rings (SSSR count). The summed E-state index contributed by atoms with van der Waals surface area (Å²) < 4.78 is 1.83. The summed E-state index contributed by atoms with van der Waals surface area (Å²) >= 11 is 0. The van der Waals surface area contributed by atoms with Gasteiger partial charge in [-0.15, -0.1) is 0 Å². The van der Waals surface area contributed by atoms with Crippen molar-refractivity contribution in [2.75, 3.05) is 13.1 Å². The van der Waals surface area contributed by atoms with Crippen molar-refractivity contribution in [3.63, 3.8) is 0 Å². The van der Waals surface area contributed by atoms with Crippen LogP contribution in [0, 0.1) is 0 Å². The molecular weight excluding hydrogens is 314 g/mol. The number of aromatic amines is 1. The highest BCUT2D eigenvalue weighted by Crippen LogP contribution is 2.44. The Balaban J connectivity index is 1.46. The van der Waals surface area contributed by atoms with Crippen LogP contribution in [0.1, 0.15) is 65.1 Å². The predicted octanol–water partition coefficient (Wildman–Crippen LogP) is 2.14. The van der Waals surface area contributed by atoms with Gasteiger partial charge in [0.15, 0.2) is 0 Å². The molecule has 0 radical (unpaired) electrons. The van der Waals surface area contributed by atoms with Gasteiger partial charge in [-0.1, -0.05) is 0 Å². The van der Waals surface area contributed by atoms with Crippen LogP contribution in [0.4, 0.5) is 0 Å². The van der Waals surface area contributed by atoms with Crippen LogP contribution < -0.4 is 0 Å². The zero-order chi connectivity index (χ0) is 17.0. The minimum atomic E-state index is 0.0817. The molecule has 0 saturated carbocycles. The Hall–Kier alpha value is -2.11. The topological polar surface area (TPSA) is 66.8 Å². The lowest BCUT2D eigenvalue weighted by Crippen LogP contribution is -2.48. The minimum absolute atomic E-state index is 0.0817. The molecule has 0 aromatic carbocycles. The van der Waals surface area contributed by atoms with Crippen LogP contribution in [0.2, 0.25) is 0 Å². The number of hydrogen-bond acceptors (Lipinski definition) is 3. The number of piperidine rings is 1. The summed E-state index contributed by atoms with van der Waals surface area (Å²) in [5.74, 6) is 0.171. The second kappa shape index (κ2) is 5.44. The van der Waals surface area contributed by atoms with Gasteiger partial charge in [0.25, 0.3) is 5.91 Å². The maximum absolute atomic E-state index is 13.4. The molecule has 1 amide bonds. The molecule has 0 bridgehead atoms. The highest BCUT2D eigenvalue weighted by molar-refractivity contribution is 5.94. The van der Waals surface area contributed by atoms with Gasteiger partial charge in [-0.05, 0) is 56.9 Å². The molecule has 132 valence electrons. The fourth-order valence-corrected chi connectivity index (χ4v) is 5.27. The van der Waals surface area contributed by atoms with E-state index in [9.17, 15) is 4.79 Å². The number of nitrogens with zero attached hydrogens (tertiary/aromatic N) is 4. The first-order chi connectivity index (χ1) is 12.2. The normalized spacial score (nSPS) is 25.2. The number of carbonyl (C=O) groups is 1. The average molecular weight is 339 g/mol. The SMILES string of the molecule is Cn1nc2c(c1C(=O)N1CCCC3(CCc4cn[nH]c43)C1)CCCC2. The Morgan fingerprint density at radius 1 is 1.20 bits per heavy atom. The number of H-pyrrole nitrogens is 1. The zero-order valence-electron chi connectivity index (χ0n) is 14.8. The van der Waals surface area contributed by atoms with Crippen LogP contribution in [-0.2, 0) is 31.7 Å². The summed E-state index contributed by atoms with van der Waals surface area (Å²) in [5, 5.41) is 12.1. The predicted molar refractivity (Wildman–Crippen MR) is 93.6 cm³/mol. The van der Waals surface area contributed by atoms with Crippen LogP contribution >= 0.6 is 0 Å². The van der Waals surface area contributed by atoms with Gasteiger partial charge in [0, 0.05) is 36.8 Å². The van der Waals surface area contributed by atoms with Crippen LogP contribution in [0.3, 0.4) is 0 Å². The van der Waals surface area contributed by atoms with Crippen molar-refractivity contribution >= 4 is 5.91 Å². The summed E-state index contributed by atoms with van der Waals surface area (Å²) in [4.78, 5) is 15.5. The minimum Gasteiger partial charge on any atom is -0.336 e. The lowest BCUT2D eigenvalue weighted by molar-refractivity contribution is 0.0620. The number of fused-ring (bicyclic) bond motifs is 3. The monoisotopic (exact) mass is 339 g/mol. The number of hydrogen-bond donors (Lipinski definition) is 1. The van der Waals surface area contributed by atoms with E-state index in [4.69, 9.17) is 0 Å². The number of aromatic nitrogens is 4. The molecule has 2 aliphatic carbocycles. The first-order valence-corrected chi connectivity index (χ1v) is 9.55. The highest BCUT2D eigenvalue weighted by atomic mass is 16.2. The van der Waals surface area contributed by atoms with E-state index in [1.807, 2.05) is 17.9 Å². The van der Waals surface area contributed by atoms with Gasteiger partial charge in [0.05, 0.1) is 11.9 Å². The third-order valence-electron chi connectivity index (χ3n) is 6.51. The van der Waals surface area contributed by atoms with Gasteiger partial charge in [0.2, 0.25) is 0 Å². The molecule has 1 unspecified atom stereocenters. The summed E-state index contributed by atoms with van der Waals surface area (Å²) in [6.07, 6.45) is 10.7. The highest BCUT2D eigenvalue weighted by Gasteiger charge is 2.45. The zero-order valence-corrected chi connectivity index (χ0v) is 14.8. The van der Waals surface area contributed by atoms with Crippen LogP contribution in [0.25, 0.3) is 0 Å². The molecular formula is C19H25N5O. The Morgan fingerprint density at radius 3 is 3.00 bits per heavy atom. The van der Waals surface area contributed by atoms with E-state index < -0.39 is 0 Å². The van der Waals surface area contributed by atoms with Crippen molar-refractivity contribution in [2.45, 2.75) is 56.8 Å². The molecule has 1 saturated heterocycles. The van der Waals surface area contributed by atoms with Gasteiger partial charge in [-0.25, -0.2) is 0 Å². The van der Waals surface area contributed by atoms with Gasteiger partial charge in [-0.2, -0.15) is 10.2 Å². The third-order valence-corrected chi connectivity index (χ3v) is 6.51. The quantitative estimate of drug-likeness (QED) is 0.866. The Kier molecular flexibility index (Phi) is 3.30. The first-order valence-electron chi connectivity index (χ1n) is 9.55. The fourth-order valence-electron chi connectivity index (χ4n) is 5.27. The molecule has 1 fully saturated rings. The Bertz CT molecular complexity index is 835.